The van der Waals surface area contributed by atoms with Crippen molar-refractivity contribution in [3.8, 4) is 0 Å². The third-order valence-electron chi connectivity index (χ3n) is 3.58. The fourth-order valence-electron chi connectivity index (χ4n) is 2.21. The molecule has 1 atom stereocenters. The summed E-state index contributed by atoms with van der Waals surface area (Å²) in [5.41, 5.74) is 1.25. The molecule has 0 saturated carbocycles. The Morgan fingerprint density at radius 3 is 2.25 bits per heavy atom. The SMILES string of the molecule is C\C=C(/C=C\C(=C/C)S(=O)N1CCC(O)CC1)C(C)C. The van der Waals surface area contributed by atoms with Crippen LogP contribution < -0.4 is 0 Å². The van der Waals surface area contributed by atoms with Crippen molar-refractivity contribution in [2.75, 3.05) is 13.1 Å². The summed E-state index contributed by atoms with van der Waals surface area (Å²) in [5, 5.41) is 9.51. The van der Waals surface area contributed by atoms with Crippen molar-refractivity contribution in [1.82, 2.24) is 4.31 Å². The van der Waals surface area contributed by atoms with Gasteiger partial charge in [0, 0.05) is 13.1 Å². The highest BCUT2D eigenvalue weighted by Gasteiger charge is 2.22. The quantitative estimate of drug-likeness (QED) is 0.792. The summed E-state index contributed by atoms with van der Waals surface area (Å²) in [6.45, 7) is 9.63. The van der Waals surface area contributed by atoms with E-state index in [2.05, 4.69) is 26.0 Å². The Labute approximate surface area is 125 Å². The van der Waals surface area contributed by atoms with Gasteiger partial charge >= 0.3 is 0 Å². The van der Waals surface area contributed by atoms with Crippen LogP contribution in [0, 0.1) is 5.92 Å². The van der Waals surface area contributed by atoms with Crippen LogP contribution in [0.25, 0.3) is 0 Å². The minimum absolute atomic E-state index is 0.233. The molecule has 1 saturated heterocycles. The van der Waals surface area contributed by atoms with E-state index in [4.69, 9.17) is 0 Å². The van der Waals surface area contributed by atoms with Crippen molar-refractivity contribution in [3.63, 3.8) is 0 Å². The third kappa shape index (κ3) is 5.00. The van der Waals surface area contributed by atoms with Crippen molar-refractivity contribution in [1.29, 1.82) is 0 Å². The predicted octanol–water partition coefficient (Wildman–Crippen LogP) is 3.17. The molecule has 0 aromatic rings. The summed E-state index contributed by atoms with van der Waals surface area (Å²) in [6, 6.07) is 0. The lowest BCUT2D eigenvalue weighted by atomic mass is 10.0. The van der Waals surface area contributed by atoms with Crippen molar-refractivity contribution in [2.45, 2.75) is 46.6 Å². The molecule has 1 aliphatic heterocycles. The molecule has 1 heterocycles. The van der Waals surface area contributed by atoms with Crippen LogP contribution in [-0.4, -0.2) is 32.8 Å². The summed E-state index contributed by atoms with van der Waals surface area (Å²) in [4.78, 5) is 0.835. The molecule has 0 bridgehead atoms. The molecular weight excluding hydrogens is 270 g/mol. The van der Waals surface area contributed by atoms with Gasteiger partial charge in [0.1, 0.15) is 11.0 Å². The van der Waals surface area contributed by atoms with E-state index < -0.39 is 11.0 Å². The Morgan fingerprint density at radius 2 is 1.80 bits per heavy atom. The van der Waals surface area contributed by atoms with Gasteiger partial charge in [0.2, 0.25) is 0 Å². The standard InChI is InChI=1S/C16H27NO2S/c1-5-14(13(3)4)7-8-16(6-2)20(19)17-11-9-15(18)10-12-17/h5-8,13,15,18H,9-12H2,1-4H3/b8-7-,14-5+,16-6+. The van der Waals surface area contributed by atoms with Crippen LogP contribution in [0.1, 0.15) is 40.5 Å². The molecule has 1 aliphatic rings. The number of aliphatic hydroxyl groups excluding tert-OH is 1. The topological polar surface area (TPSA) is 40.5 Å². The maximum Gasteiger partial charge on any atom is 0.127 e. The number of piperidine rings is 1. The number of nitrogens with zero attached hydrogens (tertiary/aromatic N) is 1. The van der Waals surface area contributed by atoms with Crippen LogP contribution in [-0.2, 0) is 11.0 Å². The van der Waals surface area contributed by atoms with Crippen molar-refractivity contribution < 1.29 is 9.32 Å². The normalized spacial score (nSPS) is 21.9. The van der Waals surface area contributed by atoms with Gasteiger partial charge in [0.25, 0.3) is 0 Å². The van der Waals surface area contributed by atoms with E-state index in [1.54, 1.807) is 0 Å². The van der Waals surface area contributed by atoms with E-state index in [1.165, 1.54) is 5.57 Å². The van der Waals surface area contributed by atoms with Crippen LogP contribution in [0.15, 0.2) is 34.8 Å². The van der Waals surface area contributed by atoms with E-state index in [0.717, 1.165) is 4.91 Å². The minimum atomic E-state index is -1.12. The van der Waals surface area contributed by atoms with E-state index >= 15 is 0 Å². The van der Waals surface area contributed by atoms with Crippen molar-refractivity contribution in [2.24, 2.45) is 5.92 Å². The monoisotopic (exact) mass is 297 g/mol. The van der Waals surface area contributed by atoms with Gasteiger partial charge in [0.15, 0.2) is 0 Å². The summed E-state index contributed by atoms with van der Waals surface area (Å²) in [6.07, 6.45) is 9.19. The summed E-state index contributed by atoms with van der Waals surface area (Å²) in [7, 11) is -1.12. The molecule has 1 rings (SSSR count). The van der Waals surface area contributed by atoms with Crippen molar-refractivity contribution >= 4 is 11.0 Å². The molecule has 1 N–H and O–H groups in total. The first-order valence-electron chi connectivity index (χ1n) is 7.35. The largest absolute Gasteiger partial charge is 0.393 e. The number of rotatable bonds is 5. The Morgan fingerprint density at radius 1 is 1.20 bits per heavy atom. The Bertz CT molecular complexity index is 416. The maximum atomic E-state index is 12.5. The van der Waals surface area contributed by atoms with Gasteiger partial charge in [-0.15, -0.1) is 0 Å². The average Bonchev–Trinajstić information content (AvgIpc) is 2.43. The van der Waals surface area contributed by atoms with Crippen LogP contribution in [0.4, 0.5) is 0 Å². The van der Waals surface area contributed by atoms with Gasteiger partial charge in [-0.2, -0.15) is 0 Å². The van der Waals surface area contributed by atoms with E-state index in [1.807, 2.05) is 30.3 Å². The highest BCUT2D eigenvalue weighted by molar-refractivity contribution is 7.86. The molecule has 20 heavy (non-hydrogen) atoms. The van der Waals surface area contributed by atoms with Gasteiger partial charge in [0.05, 0.1) is 11.0 Å². The van der Waals surface area contributed by atoms with E-state index in [9.17, 15) is 9.32 Å². The molecular formula is C16H27NO2S. The lowest BCUT2D eigenvalue weighted by molar-refractivity contribution is 0.115. The van der Waals surface area contributed by atoms with Crippen LogP contribution in [0.2, 0.25) is 0 Å². The van der Waals surface area contributed by atoms with Crippen LogP contribution in [0.5, 0.6) is 0 Å². The highest BCUT2D eigenvalue weighted by atomic mass is 32.2. The lowest BCUT2D eigenvalue weighted by Crippen LogP contribution is -2.37. The minimum Gasteiger partial charge on any atom is -0.393 e. The highest BCUT2D eigenvalue weighted by Crippen LogP contribution is 2.18. The predicted molar refractivity (Wildman–Crippen MR) is 86.4 cm³/mol. The third-order valence-corrected chi connectivity index (χ3v) is 5.19. The summed E-state index contributed by atoms with van der Waals surface area (Å²) >= 11 is 0. The summed E-state index contributed by atoms with van der Waals surface area (Å²) < 4.78 is 14.5. The second kappa shape index (κ2) is 8.55. The number of hydrogen-bond acceptors (Lipinski definition) is 2. The average molecular weight is 297 g/mol. The second-order valence-corrected chi connectivity index (χ2v) is 6.86. The first-order chi connectivity index (χ1) is 9.49. The molecule has 4 heteroatoms. The summed E-state index contributed by atoms with van der Waals surface area (Å²) in [5.74, 6) is 0.466. The zero-order valence-electron chi connectivity index (χ0n) is 13.0. The number of hydrogen-bond donors (Lipinski definition) is 1. The van der Waals surface area contributed by atoms with E-state index in [0.29, 0.717) is 31.8 Å². The van der Waals surface area contributed by atoms with Crippen molar-refractivity contribution in [3.05, 3.63) is 34.8 Å². The van der Waals surface area contributed by atoms with Gasteiger partial charge in [-0.3, -0.25) is 0 Å². The molecule has 1 fully saturated rings. The molecule has 0 aromatic heterocycles. The molecule has 0 amide bonds. The van der Waals surface area contributed by atoms with Gasteiger partial charge in [-0.1, -0.05) is 32.1 Å². The molecule has 0 radical (unpaired) electrons. The smallest absolute Gasteiger partial charge is 0.127 e. The first-order valence-corrected chi connectivity index (χ1v) is 8.45. The zero-order valence-corrected chi connectivity index (χ0v) is 13.8. The van der Waals surface area contributed by atoms with Gasteiger partial charge in [-0.05, 0) is 44.3 Å². The molecule has 1 unspecified atom stereocenters. The Kier molecular flexibility index (Phi) is 7.41. The van der Waals surface area contributed by atoms with E-state index in [-0.39, 0.29) is 6.10 Å². The molecule has 3 nitrogen and oxygen atoms in total. The maximum absolute atomic E-state index is 12.5. The van der Waals surface area contributed by atoms with Crippen LogP contribution in [0.3, 0.4) is 0 Å². The molecule has 114 valence electrons. The number of allylic oxidation sites excluding steroid dienone is 5. The van der Waals surface area contributed by atoms with Crippen LogP contribution >= 0.6 is 0 Å². The Balaban J connectivity index is 2.72. The Hall–Kier alpha value is -0.710. The lowest BCUT2D eigenvalue weighted by Gasteiger charge is -2.28. The molecule has 0 spiro atoms. The van der Waals surface area contributed by atoms with Gasteiger partial charge in [-0.25, -0.2) is 8.51 Å². The molecule has 0 aromatic carbocycles. The van der Waals surface area contributed by atoms with Gasteiger partial charge < -0.3 is 5.11 Å². The first kappa shape index (κ1) is 17.3. The second-order valence-electron chi connectivity index (χ2n) is 5.38. The molecule has 0 aliphatic carbocycles. The number of aliphatic hydroxyl groups is 1. The fourth-order valence-corrected chi connectivity index (χ4v) is 3.44. The fraction of sp³-hybridized carbons (Fsp3) is 0.625. The zero-order chi connectivity index (χ0) is 15.1.